The van der Waals surface area contributed by atoms with Crippen LogP contribution in [0.25, 0.3) is 27.8 Å². The predicted octanol–water partition coefficient (Wildman–Crippen LogP) is 5.92. The van der Waals surface area contributed by atoms with E-state index in [0.29, 0.717) is 45.1 Å². The van der Waals surface area contributed by atoms with Crippen molar-refractivity contribution in [3.63, 3.8) is 0 Å². The molecular formula is C29H28N8O3. The second kappa shape index (κ2) is 9.84. The summed E-state index contributed by atoms with van der Waals surface area (Å²) in [4.78, 5) is 39.0. The van der Waals surface area contributed by atoms with Crippen LogP contribution in [0.15, 0.2) is 71.8 Å². The van der Waals surface area contributed by atoms with Crippen molar-refractivity contribution in [3.05, 3.63) is 83.2 Å². The summed E-state index contributed by atoms with van der Waals surface area (Å²) < 4.78 is 7.94. The maximum Gasteiger partial charge on any atom is 0.325 e. The molecule has 5 aromatic rings. The molecule has 1 aromatic carbocycles. The van der Waals surface area contributed by atoms with Crippen molar-refractivity contribution in [1.29, 1.82) is 0 Å². The van der Waals surface area contributed by atoms with E-state index in [1.807, 2.05) is 18.2 Å². The smallest absolute Gasteiger partial charge is 0.325 e. The third kappa shape index (κ3) is 4.84. The maximum atomic E-state index is 13.2. The number of nitrogens with one attached hydrogen (secondary N) is 4. The first-order chi connectivity index (χ1) is 19.3. The SMILES string of the molecule is CC(C)(C)c1cc(NC(=O)Nc2ccc(Oc3ccnc4[nH]c(=O)[nH]c34)c3cccnc23)n(C2=CCCC=C2)n1. The Morgan fingerprint density at radius 1 is 1.02 bits per heavy atom. The number of carbonyl (C=O) groups excluding carboxylic acids is 1. The number of benzene rings is 1. The highest BCUT2D eigenvalue weighted by Crippen LogP contribution is 2.35. The fraction of sp³-hybridized carbons (Fsp3) is 0.207. The van der Waals surface area contributed by atoms with Gasteiger partial charge in [0, 0.05) is 35.3 Å². The van der Waals surface area contributed by atoms with Gasteiger partial charge in [-0.2, -0.15) is 5.10 Å². The van der Waals surface area contributed by atoms with Crippen LogP contribution in [0, 0.1) is 0 Å². The number of urea groups is 1. The van der Waals surface area contributed by atoms with E-state index in [9.17, 15) is 9.59 Å². The molecule has 0 unspecified atom stereocenters. The van der Waals surface area contributed by atoms with Crippen LogP contribution in [-0.4, -0.2) is 35.7 Å². The lowest BCUT2D eigenvalue weighted by Crippen LogP contribution is -2.21. The summed E-state index contributed by atoms with van der Waals surface area (Å²) in [6.07, 6.45) is 11.3. The van der Waals surface area contributed by atoms with Gasteiger partial charge >= 0.3 is 11.7 Å². The molecule has 4 N–H and O–H groups in total. The molecule has 2 amide bonds. The third-order valence-electron chi connectivity index (χ3n) is 6.52. The molecule has 0 fully saturated rings. The van der Waals surface area contributed by atoms with Crippen molar-refractivity contribution in [2.75, 3.05) is 10.6 Å². The predicted molar refractivity (Wildman–Crippen MR) is 155 cm³/mol. The van der Waals surface area contributed by atoms with Gasteiger partial charge in [-0.15, -0.1) is 0 Å². The minimum Gasteiger partial charge on any atom is -0.454 e. The molecule has 0 saturated carbocycles. The molecule has 202 valence electrons. The molecule has 0 spiro atoms. The molecule has 11 heteroatoms. The first-order valence-corrected chi connectivity index (χ1v) is 12.9. The quantitative estimate of drug-likeness (QED) is 0.220. The molecular weight excluding hydrogens is 508 g/mol. The zero-order valence-electron chi connectivity index (χ0n) is 22.3. The summed E-state index contributed by atoms with van der Waals surface area (Å²) in [6, 6.07) is 10.3. The average molecular weight is 537 g/mol. The number of amides is 2. The second-order valence-electron chi connectivity index (χ2n) is 10.5. The van der Waals surface area contributed by atoms with Gasteiger partial charge in [-0.05, 0) is 43.2 Å². The Balaban J connectivity index is 1.29. The lowest BCUT2D eigenvalue weighted by molar-refractivity contribution is 0.262. The van der Waals surface area contributed by atoms with E-state index in [-0.39, 0.29) is 11.1 Å². The van der Waals surface area contributed by atoms with E-state index < -0.39 is 6.03 Å². The highest BCUT2D eigenvalue weighted by molar-refractivity contribution is 6.06. The number of ether oxygens (including phenoxy) is 1. The van der Waals surface area contributed by atoms with Gasteiger partial charge in [0.2, 0.25) is 0 Å². The number of carbonyl (C=O) groups is 1. The van der Waals surface area contributed by atoms with E-state index in [2.05, 4.69) is 63.5 Å². The topological polar surface area (TPSA) is 143 Å². The first-order valence-electron chi connectivity index (χ1n) is 12.9. The van der Waals surface area contributed by atoms with Crippen molar-refractivity contribution in [2.24, 2.45) is 0 Å². The van der Waals surface area contributed by atoms with Gasteiger partial charge in [0.05, 0.1) is 22.6 Å². The van der Waals surface area contributed by atoms with Crippen LogP contribution in [-0.2, 0) is 5.41 Å². The van der Waals surface area contributed by atoms with E-state index >= 15 is 0 Å². The Bertz CT molecular complexity index is 1870. The van der Waals surface area contributed by atoms with Gasteiger partial charge in [0.25, 0.3) is 0 Å². The van der Waals surface area contributed by atoms with Crippen molar-refractivity contribution < 1.29 is 9.53 Å². The van der Waals surface area contributed by atoms with E-state index in [1.165, 1.54) is 0 Å². The van der Waals surface area contributed by atoms with Crippen LogP contribution in [0.3, 0.4) is 0 Å². The minimum atomic E-state index is -0.427. The fourth-order valence-corrected chi connectivity index (χ4v) is 4.51. The molecule has 0 radical (unpaired) electrons. The van der Waals surface area contributed by atoms with Crippen LogP contribution < -0.4 is 21.1 Å². The summed E-state index contributed by atoms with van der Waals surface area (Å²) in [5, 5.41) is 11.4. The van der Waals surface area contributed by atoms with Crippen molar-refractivity contribution in [2.45, 2.75) is 39.0 Å². The molecule has 40 heavy (non-hydrogen) atoms. The van der Waals surface area contributed by atoms with E-state index in [4.69, 9.17) is 9.84 Å². The van der Waals surface area contributed by atoms with Gasteiger partial charge in [0.1, 0.15) is 17.1 Å². The van der Waals surface area contributed by atoms with Crippen LogP contribution in [0.5, 0.6) is 11.5 Å². The van der Waals surface area contributed by atoms with Gasteiger partial charge in [0.15, 0.2) is 11.4 Å². The van der Waals surface area contributed by atoms with Crippen molar-refractivity contribution >= 4 is 45.3 Å². The Morgan fingerprint density at radius 2 is 1.90 bits per heavy atom. The molecule has 1 aliphatic rings. The lowest BCUT2D eigenvalue weighted by Gasteiger charge is -2.15. The molecule has 6 rings (SSSR count). The van der Waals surface area contributed by atoms with Gasteiger partial charge in [-0.3, -0.25) is 15.3 Å². The largest absolute Gasteiger partial charge is 0.454 e. The highest BCUT2D eigenvalue weighted by Gasteiger charge is 2.22. The Morgan fingerprint density at radius 3 is 2.70 bits per heavy atom. The number of nitrogens with zero attached hydrogens (tertiary/aromatic N) is 4. The van der Waals surface area contributed by atoms with Crippen LogP contribution >= 0.6 is 0 Å². The van der Waals surface area contributed by atoms with Gasteiger partial charge in [-0.1, -0.05) is 32.9 Å². The molecule has 4 aromatic heterocycles. The van der Waals surface area contributed by atoms with Gasteiger partial charge < -0.3 is 15.0 Å². The number of anilines is 2. The number of allylic oxidation sites excluding steroid dienone is 4. The average Bonchev–Trinajstić information content (AvgIpc) is 3.54. The monoisotopic (exact) mass is 536 g/mol. The highest BCUT2D eigenvalue weighted by atomic mass is 16.5. The number of aromatic amines is 2. The van der Waals surface area contributed by atoms with E-state index in [0.717, 1.165) is 24.2 Å². The molecule has 11 nitrogen and oxygen atoms in total. The number of imidazole rings is 1. The normalized spacial score (nSPS) is 13.4. The zero-order valence-corrected chi connectivity index (χ0v) is 22.3. The third-order valence-corrected chi connectivity index (χ3v) is 6.52. The standard InChI is InChI=1S/C29H28N8O3/c1-29(2,3)22-16-23(37(36-22)17-8-5-4-6-9-17)33-27(38)32-19-11-12-20(18-10-7-14-30-24(18)19)40-21-13-15-31-26-25(21)34-28(39)35-26/h5,7-16H,4,6H2,1-3H3,(H2,32,33,38)(H2,31,34,35,39). The Kier molecular flexibility index (Phi) is 6.18. The summed E-state index contributed by atoms with van der Waals surface area (Å²) in [6.45, 7) is 6.25. The zero-order chi connectivity index (χ0) is 27.9. The van der Waals surface area contributed by atoms with Crippen LogP contribution in [0.1, 0.15) is 39.3 Å². The van der Waals surface area contributed by atoms with E-state index in [1.54, 1.807) is 41.3 Å². The number of fused-ring (bicyclic) bond motifs is 2. The van der Waals surface area contributed by atoms with Crippen molar-refractivity contribution in [3.8, 4) is 11.5 Å². The summed E-state index contributed by atoms with van der Waals surface area (Å²) in [5.41, 5.74) is 3.13. The summed E-state index contributed by atoms with van der Waals surface area (Å²) in [5.74, 6) is 1.51. The number of hydrogen-bond acceptors (Lipinski definition) is 6. The molecule has 4 heterocycles. The fourth-order valence-electron chi connectivity index (χ4n) is 4.51. The lowest BCUT2D eigenvalue weighted by atomic mass is 9.92. The number of rotatable bonds is 5. The Labute approximate surface area is 229 Å². The number of hydrogen-bond donors (Lipinski definition) is 4. The number of aromatic nitrogens is 6. The molecule has 1 aliphatic carbocycles. The number of H-pyrrole nitrogens is 2. The van der Waals surface area contributed by atoms with Crippen LogP contribution in [0.4, 0.5) is 16.3 Å². The summed E-state index contributed by atoms with van der Waals surface area (Å²) in [7, 11) is 0. The van der Waals surface area contributed by atoms with Gasteiger partial charge in [-0.25, -0.2) is 19.3 Å². The minimum absolute atomic E-state index is 0.194. The molecule has 0 atom stereocenters. The summed E-state index contributed by atoms with van der Waals surface area (Å²) >= 11 is 0. The molecule has 0 aliphatic heterocycles. The Hall–Kier alpha value is -5.19. The first kappa shape index (κ1) is 25.1. The van der Waals surface area contributed by atoms with Crippen LogP contribution in [0.2, 0.25) is 0 Å². The molecule has 0 saturated heterocycles. The number of pyridine rings is 2. The second-order valence-corrected chi connectivity index (χ2v) is 10.5. The molecule has 0 bridgehead atoms. The van der Waals surface area contributed by atoms with Crippen molar-refractivity contribution in [1.82, 2.24) is 29.7 Å². The maximum absolute atomic E-state index is 13.2.